The fourth-order valence-corrected chi connectivity index (χ4v) is 6.18. The highest BCUT2D eigenvalue weighted by Gasteiger charge is 2.30. The van der Waals surface area contributed by atoms with E-state index in [-0.39, 0.29) is 30.0 Å². The van der Waals surface area contributed by atoms with Crippen molar-refractivity contribution in [2.75, 3.05) is 10.6 Å². The molecule has 0 radical (unpaired) electrons. The van der Waals surface area contributed by atoms with Gasteiger partial charge in [0.05, 0.1) is 28.0 Å². The second-order valence-corrected chi connectivity index (χ2v) is 10.9. The lowest BCUT2D eigenvalue weighted by Crippen LogP contribution is -2.30. The number of nitrogens with two attached hydrogens (primary N) is 1. The molecule has 0 bridgehead atoms. The number of carbonyl (C=O) groups is 1. The molecule has 5 rings (SSSR count). The Labute approximate surface area is 223 Å². The van der Waals surface area contributed by atoms with Crippen molar-refractivity contribution in [3.63, 3.8) is 0 Å². The number of rotatable bonds is 6. The predicted molar refractivity (Wildman–Crippen MR) is 142 cm³/mol. The molecule has 2 aliphatic carbocycles. The summed E-state index contributed by atoms with van der Waals surface area (Å²) in [4.78, 5) is 25.8. The van der Waals surface area contributed by atoms with E-state index < -0.39 is 0 Å². The van der Waals surface area contributed by atoms with E-state index in [2.05, 4.69) is 15.6 Å². The molecular formula is C24H28Cl3N7O2. The number of carbonyl (C=O) groups excluding carboxylic acids is 1. The van der Waals surface area contributed by atoms with E-state index >= 15 is 0 Å². The molecule has 192 valence electrons. The summed E-state index contributed by atoms with van der Waals surface area (Å²) >= 11 is 19.0. The third-order valence-electron chi connectivity index (χ3n) is 7.12. The number of aromatic nitrogens is 4. The lowest BCUT2D eigenvalue weighted by molar-refractivity contribution is -0.122. The molecule has 1 aromatic carbocycles. The van der Waals surface area contributed by atoms with Crippen molar-refractivity contribution >= 4 is 69.5 Å². The Hall–Kier alpha value is -2.33. The first kappa shape index (κ1) is 25.3. The monoisotopic (exact) mass is 551 g/mol. The van der Waals surface area contributed by atoms with Crippen molar-refractivity contribution in [3.05, 3.63) is 33.4 Å². The van der Waals surface area contributed by atoms with Crippen molar-refractivity contribution in [1.29, 1.82) is 0 Å². The van der Waals surface area contributed by atoms with Gasteiger partial charge in [-0.2, -0.15) is 4.98 Å². The highest BCUT2D eigenvalue weighted by Crippen LogP contribution is 2.40. The van der Waals surface area contributed by atoms with Crippen molar-refractivity contribution < 1.29 is 9.90 Å². The Morgan fingerprint density at radius 2 is 1.78 bits per heavy atom. The van der Waals surface area contributed by atoms with Gasteiger partial charge in [0.2, 0.25) is 17.8 Å². The molecule has 0 aliphatic heterocycles. The lowest BCUT2D eigenvalue weighted by Gasteiger charge is -2.29. The molecule has 9 nitrogen and oxygen atoms in total. The number of fused-ring (bicyclic) bond motifs is 1. The molecule has 0 saturated heterocycles. The topological polar surface area (TPSA) is 131 Å². The highest BCUT2D eigenvalue weighted by molar-refractivity contribution is 6.41. The number of aliphatic hydroxyl groups is 1. The molecule has 2 atom stereocenters. The van der Waals surface area contributed by atoms with Crippen LogP contribution in [0.3, 0.4) is 0 Å². The normalized spacial score (nSPS) is 24.6. The summed E-state index contributed by atoms with van der Waals surface area (Å²) in [5.41, 5.74) is 7.33. The van der Waals surface area contributed by atoms with Crippen LogP contribution in [-0.2, 0) is 4.79 Å². The van der Waals surface area contributed by atoms with Gasteiger partial charge in [-0.05, 0) is 63.5 Å². The summed E-state index contributed by atoms with van der Waals surface area (Å²) in [5, 5.41) is 17.9. The van der Waals surface area contributed by atoms with Crippen LogP contribution in [0.2, 0.25) is 15.1 Å². The van der Waals surface area contributed by atoms with Crippen LogP contribution in [-0.4, -0.2) is 42.7 Å². The SMILES string of the molecule is NC(=O)C1CCC(n2c(Nc3c(Cl)cc(Cl)cc3Cl)nc3cnc(N[C@H]4CCC[C@H](O)C4)nc32)CC1. The van der Waals surface area contributed by atoms with Gasteiger partial charge >= 0.3 is 0 Å². The summed E-state index contributed by atoms with van der Waals surface area (Å²) in [7, 11) is 0. The number of nitrogens with zero attached hydrogens (tertiary/aromatic N) is 4. The van der Waals surface area contributed by atoms with Gasteiger partial charge in [0.15, 0.2) is 5.65 Å². The first-order chi connectivity index (χ1) is 17.3. The molecule has 36 heavy (non-hydrogen) atoms. The molecule has 2 saturated carbocycles. The van der Waals surface area contributed by atoms with Crippen LogP contribution in [0.25, 0.3) is 11.2 Å². The number of imidazole rings is 1. The van der Waals surface area contributed by atoms with Crippen molar-refractivity contribution in [1.82, 2.24) is 19.5 Å². The van der Waals surface area contributed by atoms with E-state index in [1.807, 2.05) is 4.57 Å². The molecule has 0 unspecified atom stereocenters. The van der Waals surface area contributed by atoms with Gasteiger partial charge in [-0.15, -0.1) is 0 Å². The van der Waals surface area contributed by atoms with Gasteiger partial charge in [0.1, 0.15) is 5.52 Å². The second kappa shape index (κ2) is 10.6. The maximum atomic E-state index is 11.7. The molecule has 12 heteroatoms. The Kier molecular flexibility index (Phi) is 7.44. The standard InChI is InChI=1S/C24H28Cl3N7O2/c25-13-8-17(26)20(18(27)9-13)32-24-31-19-11-29-23(30-14-2-1-3-16(35)10-14)33-22(19)34(24)15-6-4-12(5-7-15)21(28)36/h8-9,11-12,14-16,35H,1-7,10H2,(H2,28,36)(H,31,32)(H,29,30,33)/t12?,14-,15?,16-/m0/s1. The molecular weight excluding hydrogens is 525 g/mol. The Morgan fingerprint density at radius 3 is 2.44 bits per heavy atom. The molecule has 2 aromatic heterocycles. The fraction of sp³-hybridized carbons (Fsp3) is 0.500. The number of primary amides is 1. The third kappa shape index (κ3) is 5.34. The number of halogens is 3. The minimum absolute atomic E-state index is 0.0391. The zero-order valence-electron chi connectivity index (χ0n) is 19.6. The zero-order chi connectivity index (χ0) is 25.4. The van der Waals surface area contributed by atoms with E-state index in [0.29, 0.717) is 63.1 Å². The molecule has 2 aliphatic rings. The Balaban J connectivity index is 1.51. The van der Waals surface area contributed by atoms with Crippen LogP contribution < -0.4 is 16.4 Å². The Morgan fingerprint density at radius 1 is 1.06 bits per heavy atom. The van der Waals surface area contributed by atoms with Gasteiger partial charge in [0.25, 0.3) is 0 Å². The van der Waals surface area contributed by atoms with Crippen LogP contribution in [0.5, 0.6) is 0 Å². The predicted octanol–water partition coefficient (Wildman–Crippen LogP) is 5.46. The number of hydrogen-bond acceptors (Lipinski definition) is 7. The second-order valence-electron chi connectivity index (χ2n) is 9.65. The number of hydrogen-bond donors (Lipinski definition) is 4. The molecule has 5 N–H and O–H groups in total. The third-order valence-corrected chi connectivity index (χ3v) is 7.93. The van der Waals surface area contributed by atoms with E-state index in [0.717, 1.165) is 32.1 Å². The van der Waals surface area contributed by atoms with Crippen LogP contribution in [0.4, 0.5) is 17.6 Å². The number of aliphatic hydroxyl groups excluding tert-OH is 1. The van der Waals surface area contributed by atoms with Gasteiger partial charge < -0.3 is 21.5 Å². The summed E-state index contributed by atoms with van der Waals surface area (Å²) in [6, 6.07) is 3.38. The maximum absolute atomic E-state index is 11.7. The first-order valence-corrected chi connectivity index (χ1v) is 13.3. The first-order valence-electron chi connectivity index (χ1n) is 12.2. The van der Waals surface area contributed by atoms with E-state index in [1.165, 1.54) is 0 Å². The fourth-order valence-electron chi connectivity index (χ4n) is 5.26. The molecule has 0 spiro atoms. The van der Waals surface area contributed by atoms with Gasteiger partial charge in [-0.25, -0.2) is 9.97 Å². The lowest BCUT2D eigenvalue weighted by atomic mass is 9.85. The minimum atomic E-state index is -0.310. The largest absolute Gasteiger partial charge is 0.393 e. The van der Waals surface area contributed by atoms with E-state index in [4.69, 9.17) is 50.5 Å². The molecule has 3 aromatic rings. The van der Waals surface area contributed by atoms with Gasteiger partial charge in [-0.1, -0.05) is 34.8 Å². The molecule has 2 heterocycles. The van der Waals surface area contributed by atoms with Crippen LogP contribution in [0.1, 0.15) is 57.4 Å². The van der Waals surface area contributed by atoms with Crippen molar-refractivity contribution in [3.8, 4) is 0 Å². The summed E-state index contributed by atoms with van der Waals surface area (Å²) < 4.78 is 2.04. The van der Waals surface area contributed by atoms with Gasteiger partial charge in [0, 0.05) is 23.0 Å². The van der Waals surface area contributed by atoms with Crippen LogP contribution in [0, 0.1) is 5.92 Å². The van der Waals surface area contributed by atoms with E-state index in [9.17, 15) is 9.90 Å². The van der Waals surface area contributed by atoms with Crippen LogP contribution in [0.15, 0.2) is 18.3 Å². The van der Waals surface area contributed by atoms with Crippen LogP contribution >= 0.6 is 34.8 Å². The summed E-state index contributed by atoms with van der Waals surface area (Å²) in [6.07, 6.45) is 7.65. The number of nitrogens with one attached hydrogen (secondary N) is 2. The smallest absolute Gasteiger partial charge is 0.224 e. The summed E-state index contributed by atoms with van der Waals surface area (Å²) in [6.45, 7) is 0. The highest BCUT2D eigenvalue weighted by atomic mass is 35.5. The molecule has 2 fully saturated rings. The number of benzene rings is 1. The summed E-state index contributed by atoms with van der Waals surface area (Å²) in [5.74, 6) is 0.628. The van der Waals surface area contributed by atoms with Gasteiger partial charge in [-0.3, -0.25) is 9.36 Å². The maximum Gasteiger partial charge on any atom is 0.224 e. The average molecular weight is 553 g/mol. The average Bonchev–Trinajstić information content (AvgIpc) is 3.18. The minimum Gasteiger partial charge on any atom is -0.393 e. The Bertz CT molecular complexity index is 1250. The van der Waals surface area contributed by atoms with Crippen molar-refractivity contribution in [2.45, 2.75) is 69.6 Å². The van der Waals surface area contributed by atoms with Crippen molar-refractivity contribution in [2.24, 2.45) is 11.7 Å². The quantitative estimate of drug-likeness (QED) is 0.319. The number of anilines is 3. The number of amides is 1. The molecule has 1 amide bonds. The van der Waals surface area contributed by atoms with E-state index in [1.54, 1.807) is 18.3 Å². The zero-order valence-corrected chi connectivity index (χ0v) is 21.8.